The molecule has 0 N–H and O–H groups in total. The second-order valence-corrected chi connectivity index (χ2v) is 9.33. The first-order valence-electron chi connectivity index (χ1n) is 10.9. The number of para-hydroxylation sites is 1. The van der Waals surface area contributed by atoms with Crippen molar-refractivity contribution in [3.63, 3.8) is 0 Å². The molecule has 0 fully saturated rings. The third-order valence-corrected chi connectivity index (χ3v) is 6.12. The van der Waals surface area contributed by atoms with E-state index in [0.29, 0.717) is 0 Å². The summed E-state index contributed by atoms with van der Waals surface area (Å²) in [5.74, 6) is 0.784. The van der Waals surface area contributed by atoms with Crippen LogP contribution in [0.1, 0.15) is 26.3 Å². The maximum atomic E-state index is 6.43. The third-order valence-electron chi connectivity index (χ3n) is 6.12. The van der Waals surface area contributed by atoms with Crippen LogP contribution in [0.2, 0.25) is 0 Å². The highest BCUT2D eigenvalue weighted by Crippen LogP contribution is 2.39. The largest absolute Gasteiger partial charge is 0.464 e. The lowest BCUT2D eigenvalue weighted by Crippen LogP contribution is -2.12. The van der Waals surface area contributed by atoms with Gasteiger partial charge < -0.3 is 8.83 Å². The quantitative estimate of drug-likeness (QED) is 0.284. The SMILES string of the molecule is CC(C)(C)c1cc(-c2nccc3cc(-c4cccc5ccoc45)oc23)cc2ccccc12. The van der Waals surface area contributed by atoms with E-state index < -0.39 is 0 Å². The summed E-state index contributed by atoms with van der Waals surface area (Å²) in [6, 6.07) is 25.2. The summed E-state index contributed by atoms with van der Waals surface area (Å²) in [6.07, 6.45) is 3.57. The van der Waals surface area contributed by atoms with Gasteiger partial charge in [-0.1, -0.05) is 57.2 Å². The molecule has 3 aromatic heterocycles. The summed E-state index contributed by atoms with van der Waals surface area (Å²) >= 11 is 0. The summed E-state index contributed by atoms with van der Waals surface area (Å²) in [7, 11) is 0. The van der Waals surface area contributed by atoms with Gasteiger partial charge >= 0.3 is 0 Å². The van der Waals surface area contributed by atoms with Crippen molar-refractivity contribution in [2.75, 3.05) is 0 Å². The van der Waals surface area contributed by atoms with Crippen LogP contribution in [0.4, 0.5) is 0 Å². The van der Waals surface area contributed by atoms with Crippen LogP contribution in [-0.2, 0) is 5.41 Å². The average molecular weight is 418 g/mol. The zero-order valence-electron chi connectivity index (χ0n) is 18.3. The van der Waals surface area contributed by atoms with Crippen LogP contribution in [0.15, 0.2) is 94.1 Å². The number of nitrogens with zero attached hydrogens (tertiary/aromatic N) is 1. The molecule has 0 spiro atoms. The highest BCUT2D eigenvalue weighted by atomic mass is 16.3. The Balaban J connectivity index is 1.60. The van der Waals surface area contributed by atoms with Crippen LogP contribution in [0.25, 0.3) is 55.3 Å². The number of benzene rings is 3. The Morgan fingerprint density at radius 3 is 2.47 bits per heavy atom. The zero-order chi connectivity index (χ0) is 21.9. The van der Waals surface area contributed by atoms with Gasteiger partial charge in [0.05, 0.1) is 11.8 Å². The highest BCUT2D eigenvalue weighted by molar-refractivity contribution is 5.99. The predicted molar refractivity (Wildman–Crippen MR) is 131 cm³/mol. The van der Waals surface area contributed by atoms with Crippen molar-refractivity contribution in [3.05, 3.63) is 90.8 Å². The molecule has 0 aliphatic rings. The lowest BCUT2D eigenvalue weighted by atomic mass is 9.82. The molecule has 32 heavy (non-hydrogen) atoms. The van der Waals surface area contributed by atoms with Gasteiger partial charge in [-0.05, 0) is 58.1 Å². The van der Waals surface area contributed by atoms with Gasteiger partial charge in [-0.3, -0.25) is 4.98 Å². The van der Waals surface area contributed by atoms with E-state index >= 15 is 0 Å². The minimum atomic E-state index is 0.00671. The molecular formula is C29H23NO2. The lowest BCUT2D eigenvalue weighted by Gasteiger charge is -2.22. The number of fused-ring (bicyclic) bond motifs is 3. The normalized spacial score (nSPS) is 12.2. The molecule has 0 unspecified atom stereocenters. The molecule has 0 aliphatic heterocycles. The molecule has 3 aromatic carbocycles. The van der Waals surface area contributed by atoms with Gasteiger partial charge in [-0.25, -0.2) is 0 Å². The molecule has 0 bridgehead atoms. The van der Waals surface area contributed by atoms with Gasteiger partial charge in [0.15, 0.2) is 5.58 Å². The fraction of sp³-hybridized carbons (Fsp3) is 0.138. The van der Waals surface area contributed by atoms with Crippen molar-refractivity contribution in [3.8, 4) is 22.6 Å². The van der Waals surface area contributed by atoms with Crippen molar-refractivity contribution in [2.45, 2.75) is 26.2 Å². The van der Waals surface area contributed by atoms with E-state index in [1.807, 2.05) is 36.5 Å². The number of hydrogen-bond donors (Lipinski definition) is 0. The second-order valence-electron chi connectivity index (χ2n) is 9.33. The average Bonchev–Trinajstić information content (AvgIpc) is 3.44. The number of rotatable bonds is 2. The zero-order valence-corrected chi connectivity index (χ0v) is 18.3. The summed E-state index contributed by atoms with van der Waals surface area (Å²) in [6.45, 7) is 6.75. The molecule has 6 rings (SSSR count). The Bertz CT molecular complexity index is 1610. The van der Waals surface area contributed by atoms with Gasteiger partial charge in [0.2, 0.25) is 0 Å². The minimum absolute atomic E-state index is 0.00671. The van der Waals surface area contributed by atoms with Crippen LogP contribution in [-0.4, -0.2) is 4.98 Å². The summed E-state index contributed by atoms with van der Waals surface area (Å²) < 4.78 is 12.2. The van der Waals surface area contributed by atoms with Crippen LogP contribution in [0.3, 0.4) is 0 Å². The molecule has 156 valence electrons. The Labute approximate surface area is 186 Å². The van der Waals surface area contributed by atoms with Crippen LogP contribution >= 0.6 is 0 Å². The maximum Gasteiger partial charge on any atom is 0.161 e. The first kappa shape index (κ1) is 18.9. The van der Waals surface area contributed by atoms with Crippen molar-refractivity contribution < 1.29 is 8.83 Å². The molecular weight excluding hydrogens is 394 g/mol. The number of pyridine rings is 1. The molecule has 3 heteroatoms. The highest BCUT2D eigenvalue weighted by Gasteiger charge is 2.21. The summed E-state index contributed by atoms with van der Waals surface area (Å²) in [4.78, 5) is 4.75. The van der Waals surface area contributed by atoms with Crippen molar-refractivity contribution in [1.29, 1.82) is 0 Å². The van der Waals surface area contributed by atoms with E-state index in [4.69, 9.17) is 13.8 Å². The molecule has 3 nitrogen and oxygen atoms in total. The second kappa shape index (κ2) is 6.83. The standard InChI is InChI=1S/C29H23NO2/c1-29(2,3)24-16-21(15-19-7-4-5-9-22(19)24)26-28-20(11-13-30-26)17-25(32-28)23-10-6-8-18-12-14-31-27(18)23/h4-17H,1-3H3. The van der Waals surface area contributed by atoms with Crippen LogP contribution in [0, 0.1) is 0 Å². The van der Waals surface area contributed by atoms with Gasteiger partial charge in [0.1, 0.15) is 17.0 Å². The molecule has 6 aromatic rings. The van der Waals surface area contributed by atoms with E-state index in [2.05, 4.69) is 63.2 Å². The van der Waals surface area contributed by atoms with Crippen molar-refractivity contribution >= 4 is 32.7 Å². The molecule has 0 radical (unpaired) electrons. The molecule has 0 aliphatic carbocycles. The molecule has 0 amide bonds. The Morgan fingerprint density at radius 2 is 1.59 bits per heavy atom. The third kappa shape index (κ3) is 2.93. The fourth-order valence-corrected chi connectivity index (χ4v) is 4.56. The Morgan fingerprint density at radius 1 is 0.750 bits per heavy atom. The monoisotopic (exact) mass is 417 g/mol. The smallest absolute Gasteiger partial charge is 0.161 e. The van der Waals surface area contributed by atoms with E-state index in [0.717, 1.165) is 44.5 Å². The topological polar surface area (TPSA) is 39.2 Å². The van der Waals surface area contributed by atoms with Crippen LogP contribution in [0.5, 0.6) is 0 Å². The summed E-state index contributed by atoms with van der Waals surface area (Å²) in [5.41, 5.74) is 5.81. The van der Waals surface area contributed by atoms with Gasteiger partial charge in [0.25, 0.3) is 0 Å². The van der Waals surface area contributed by atoms with Crippen molar-refractivity contribution in [1.82, 2.24) is 4.98 Å². The van der Waals surface area contributed by atoms with E-state index in [-0.39, 0.29) is 5.41 Å². The first-order chi connectivity index (χ1) is 15.5. The molecule has 3 heterocycles. The Hall–Kier alpha value is -3.85. The van der Waals surface area contributed by atoms with E-state index in [1.165, 1.54) is 16.3 Å². The Kier molecular flexibility index (Phi) is 4.03. The predicted octanol–water partition coefficient (Wildman–Crippen LogP) is 8.36. The summed E-state index contributed by atoms with van der Waals surface area (Å²) in [5, 5.41) is 4.58. The number of aromatic nitrogens is 1. The molecule has 0 saturated heterocycles. The fourth-order valence-electron chi connectivity index (χ4n) is 4.56. The number of furan rings is 2. The number of hydrogen-bond acceptors (Lipinski definition) is 3. The van der Waals surface area contributed by atoms with E-state index in [9.17, 15) is 0 Å². The maximum absolute atomic E-state index is 6.43. The molecule has 0 saturated carbocycles. The van der Waals surface area contributed by atoms with Gasteiger partial charge in [-0.15, -0.1) is 0 Å². The van der Waals surface area contributed by atoms with Gasteiger partial charge in [-0.2, -0.15) is 0 Å². The minimum Gasteiger partial charge on any atom is -0.464 e. The lowest BCUT2D eigenvalue weighted by molar-refractivity contribution is 0.596. The van der Waals surface area contributed by atoms with E-state index in [1.54, 1.807) is 6.26 Å². The molecule has 0 atom stereocenters. The van der Waals surface area contributed by atoms with Crippen LogP contribution < -0.4 is 0 Å². The first-order valence-corrected chi connectivity index (χ1v) is 10.9. The van der Waals surface area contributed by atoms with Gasteiger partial charge in [0, 0.05) is 22.5 Å². The van der Waals surface area contributed by atoms with Crippen molar-refractivity contribution in [2.24, 2.45) is 0 Å².